The topological polar surface area (TPSA) is 61.8 Å². The predicted octanol–water partition coefficient (Wildman–Crippen LogP) is 4.45. The number of anilines is 1. The minimum absolute atomic E-state index is 0.0951. The highest BCUT2D eigenvalue weighted by molar-refractivity contribution is 8.15. The highest BCUT2D eigenvalue weighted by Gasteiger charge is 2.38. The summed E-state index contributed by atoms with van der Waals surface area (Å²) in [4.78, 5) is 31.5. The number of amides is 2. The SMILES string of the molecule is C=CCN1C(=O)[C@@H](CC(=O)Nc2ccc(C)cc2)SC1=Nc1ccccc1C. The van der Waals surface area contributed by atoms with Crippen molar-refractivity contribution in [3.63, 3.8) is 0 Å². The van der Waals surface area contributed by atoms with Gasteiger partial charge in [0.2, 0.25) is 11.8 Å². The van der Waals surface area contributed by atoms with Crippen LogP contribution in [0.2, 0.25) is 0 Å². The first-order valence-corrected chi connectivity index (χ1v) is 9.95. The van der Waals surface area contributed by atoms with Crippen molar-refractivity contribution in [1.29, 1.82) is 0 Å². The summed E-state index contributed by atoms with van der Waals surface area (Å²) >= 11 is 1.33. The second-order valence-corrected chi connectivity index (χ2v) is 7.81. The van der Waals surface area contributed by atoms with Crippen molar-refractivity contribution in [2.75, 3.05) is 11.9 Å². The number of rotatable bonds is 6. The lowest BCUT2D eigenvalue weighted by Crippen LogP contribution is -2.33. The Bertz CT molecular complexity index is 922. The van der Waals surface area contributed by atoms with Crippen molar-refractivity contribution in [1.82, 2.24) is 4.90 Å². The van der Waals surface area contributed by atoms with E-state index in [0.717, 1.165) is 22.5 Å². The monoisotopic (exact) mass is 393 g/mol. The van der Waals surface area contributed by atoms with Gasteiger partial charge in [0.1, 0.15) is 5.25 Å². The van der Waals surface area contributed by atoms with E-state index in [1.54, 1.807) is 11.0 Å². The molecule has 2 amide bonds. The molecule has 2 aromatic rings. The van der Waals surface area contributed by atoms with Crippen molar-refractivity contribution < 1.29 is 9.59 Å². The molecule has 6 heteroatoms. The number of carbonyl (C=O) groups excluding carboxylic acids is 2. The van der Waals surface area contributed by atoms with Crippen LogP contribution < -0.4 is 5.32 Å². The number of hydrogen-bond donors (Lipinski definition) is 1. The van der Waals surface area contributed by atoms with Gasteiger partial charge in [-0.1, -0.05) is 53.7 Å². The quantitative estimate of drug-likeness (QED) is 0.738. The number of carbonyl (C=O) groups is 2. The molecule has 1 aliphatic rings. The van der Waals surface area contributed by atoms with Crippen molar-refractivity contribution in [2.24, 2.45) is 4.99 Å². The Kier molecular flexibility index (Phi) is 6.31. The van der Waals surface area contributed by atoms with Crippen LogP contribution in [0.15, 0.2) is 66.2 Å². The van der Waals surface area contributed by atoms with Gasteiger partial charge < -0.3 is 5.32 Å². The zero-order chi connectivity index (χ0) is 20.1. The Hall–Kier alpha value is -2.86. The van der Waals surface area contributed by atoms with E-state index in [9.17, 15) is 9.59 Å². The summed E-state index contributed by atoms with van der Waals surface area (Å²) in [5.41, 5.74) is 3.69. The maximum Gasteiger partial charge on any atom is 0.242 e. The van der Waals surface area contributed by atoms with Gasteiger partial charge in [0, 0.05) is 18.7 Å². The lowest BCUT2D eigenvalue weighted by atomic mass is 10.2. The van der Waals surface area contributed by atoms with Gasteiger partial charge in [-0.3, -0.25) is 14.5 Å². The predicted molar refractivity (Wildman–Crippen MR) is 116 cm³/mol. The van der Waals surface area contributed by atoms with Gasteiger partial charge in [-0.25, -0.2) is 4.99 Å². The van der Waals surface area contributed by atoms with Crippen LogP contribution in [0.3, 0.4) is 0 Å². The summed E-state index contributed by atoms with van der Waals surface area (Å²) in [6, 6.07) is 15.3. The molecular formula is C22H23N3O2S. The van der Waals surface area contributed by atoms with Crippen LogP contribution in [-0.4, -0.2) is 33.7 Å². The van der Waals surface area contributed by atoms with Crippen molar-refractivity contribution in [3.05, 3.63) is 72.3 Å². The molecule has 0 radical (unpaired) electrons. The standard InChI is InChI=1S/C22H23N3O2S/c1-4-13-25-21(27)19(14-20(26)23-17-11-9-15(2)10-12-17)28-22(25)24-18-8-6-5-7-16(18)3/h4-12,19H,1,13-14H2,2-3H3,(H,23,26)/t19-/m1/s1. The molecular weight excluding hydrogens is 370 g/mol. The summed E-state index contributed by atoms with van der Waals surface area (Å²) < 4.78 is 0. The Morgan fingerprint density at radius 3 is 2.61 bits per heavy atom. The first-order valence-electron chi connectivity index (χ1n) is 9.07. The third-order valence-corrected chi connectivity index (χ3v) is 5.54. The fourth-order valence-electron chi connectivity index (χ4n) is 2.83. The normalized spacial score (nSPS) is 17.8. The summed E-state index contributed by atoms with van der Waals surface area (Å²) in [6.07, 6.45) is 1.76. The average Bonchev–Trinajstić information content (AvgIpc) is 2.94. The number of para-hydroxylation sites is 1. The van der Waals surface area contributed by atoms with Crippen LogP contribution >= 0.6 is 11.8 Å². The number of thioether (sulfide) groups is 1. The van der Waals surface area contributed by atoms with Crippen molar-refractivity contribution in [2.45, 2.75) is 25.5 Å². The van der Waals surface area contributed by atoms with Crippen LogP contribution in [0.25, 0.3) is 0 Å². The van der Waals surface area contributed by atoms with Gasteiger partial charge in [0.25, 0.3) is 0 Å². The number of nitrogens with one attached hydrogen (secondary N) is 1. The second-order valence-electron chi connectivity index (χ2n) is 6.64. The van der Waals surface area contributed by atoms with Crippen LogP contribution in [0, 0.1) is 13.8 Å². The van der Waals surface area contributed by atoms with E-state index < -0.39 is 5.25 Å². The zero-order valence-electron chi connectivity index (χ0n) is 16.0. The number of hydrogen-bond acceptors (Lipinski definition) is 4. The lowest BCUT2D eigenvalue weighted by Gasteiger charge is -2.14. The molecule has 1 aliphatic heterocycles. The molecule has 1 atom stereocenters. The molecule has 2 aromatic carbocycles. The molecule has 1 saturated heterocycles. The van der Waals surface area contributed by atoms with E-state index in [-0.39, 0.29) is 18.2 Å². The van der Waals surface area contributed by atoms with E-state index in [0.29, 0.717) is 11.7 Å². The zero-order valence-corrected chi connectivity index (χ0v) is 16.8. The number of nitrogens with zero attached hydrogens (tertiary/aromatic N) is 2. The molecule has 5 nitrogen and oxygen atoms in total. The molecule has 28 heavy (non-hydrogen) atoms. The van der Waals surface area contributed by atoms with Gasteiger partial charge in [0.15, 0.2) is 5.17 Å². The van der Waals surface area contributed by atoms with Crippen LogP contribution in [0.4, 0.5) is 11.4 Å². The summed E-state index contributed by atoms with van der Waals surface area (Å²) in [7, 11) is 0. The van der Waals surface area contributed by atoms with Gasteiger partial charge >= 0.3 is 0 Å². The van der Waals surface area contributed by atoms with Gasteiger partial charge in [-0.15, -0.1) is 6.58 Å². The Labute approximate surface area is 169 Å². The minimum atomic E-state index is -0.492. The molecule has 1 fully saturated rings. The number of amidine groups is 1. The number of aliphatic imine (C=N–C) groups is 1. The van der Waals surface area contributed by atoms with Gasteiger partial charge in [0.05, 0.1) is 5.69 Å². The first kappa shape index (κ1) is 19.9. The third kappa shape index (κ3) is 4.70. The maximum absolute atomic E-state index is 12.8. The lowest BCUT2D eigenvalue weighted by molar-refractivity contribution is -0.127. The number of benzene rings is 2. The smallest absolute Gasteiger partial charge is 0.242 e. The molecule has 1 heterocycles. The van der Waals surface area contributed by atoms with Crippen LogP contribution in [0.1, 0.15) is 17.5 Å². The van der Waals surface area contributed by atoms with Gasteiger partial charge in [-0.2, -0.15) is 0 Å². The maximum atomic E-state index is 12.8. The molecule has 0 aromatic heterocycles. The number of aryl methyl sites for hydroxylation is 2. The summed E-state index contributed by atoms with van der Waals surface area (Å²) in [6.45, 7) is 8.06. The molecule has 1 N–H and O–H groups in total. The Morgan fingerprint density at radius 1 is 1.21 bits per heavy atom. The molecule has 0 unspecified atom stereocenters. The van der Waals surface area contributed by atoms with Crippen LogP contribution in [-0.2, 0) is 9.59 Å². The van der Waals surface area contributed by atoms with E-state index in [2.05, 4.69) is 16.9 Å². The Morgan fingerprint density at radius 2 is 1.93 bits per heavy atom. The molecule has 0 aliphatic carbocycles. The largest absolute Gasteiger partial charge is 0.326 e. The molecule has 0 bridgehead atoms. The van der Waals surface area contributed by atoms with Crippen molar-refractivity contribution >= 4 is 40.1 Å². The molecule has 3 rings (SSSR count). The highest BCUT2D eigenvalue weighted by atomic mass is 32.2. The first-order chi connectivity index (χ1) is 13.5. The average molecular weight is 394 g/mol. The molecule has 144 valence electrons. The Balaban J connectivity index is 1.74. The third-order valence-electron chi connectivity index (χ3n) is 4.37. The highest BCUT2D eigenvalue weighted by Crippen LogP contribution is 2.32. The second kappa shape index (κ2) is 8.89. The van der Waals surface area contributed by atoms with E-state index in [4.69, 9.17) is 0 Å². The summed E-state index contributed by atoms with van der Waals surface area (Å²) in [5.74, 6) is -0.304. The van der Waals surface area contributed by atoms with E-state index >= 15 is 0 Å². The van der Waals surface area contributed by atoms with Crippen LogP contribution in [0.5, 0.6) is 0 Å². The minimum Gasteiger partial charge on any atom is -0.326 e. The fraction of sp³-hybridized carbons (Fsp3) is 0.227. The van der Waals surface area contributed by atoms with Gasteiger partial charge in [-0.05, 0) is 37.6 Å². The van der Waals surface area contributed by atoms with E-state index in [1.165, 1.54) is 11.8 Å². The van der Waals surface area contributed by atoms with Crippen molar-refractivity contribution in [3.8, 4) is 0 Å². The van der Waals surface area contributed by atoms with E-state index in [1.807, 2.05) is 62.4 Å². The molecule has 0 saturated carbocycles. The fourth-order valence-corrected chi connectivity index (χ4v) is 3.99. The summed E-state index contributed by atoms with van der Waals surface area (Å²) in [5, 5.41) is 2.97. The molecule has 0 spiro atoms.